The van der Waals surface area contributed by atoms with Crippen molar-refractivity contribution in [3.8, 4) is 11.1 Å². The van der Waals surface area contributed by atoms with E-state index in [1.165, 1.54) is 0 Å². The van der Waals surface area contributed by atoms with Gasteiger partial charge in [-0.1, -0.05) is 22.9 Å². The molecule has 2 atom stereocenters. The smallest absolute Gasteiger partial charge is 0.410 e. The second-order valence-corrected chi connectivity index (χ2v) is 13.7. The maximum absolute atomic E-state index is 16.9. The minimum absolute atomic E-state index is 0.135. The first-order valence-corrected chi connectivity index (χ1v) is 15.3. The molecule has 2 aromatic heterocycles. The minimum atomic E-state index is -0.600. The standard InChI is InChI=1S/C31H39ClFN9O2/c1-16-9-10-22-27(37-38-36-22)23(16)24-21(32)11-20-26(25(24)33)34-29(40-14-19(15-40)39(7)8)35-28(20)41-12-18(3)42(13-17(41)2)30(43)44-31(4,5)6/h9-11,17-19H,12-15H2,1-8H3,(H,36,37,38)/t17-,18+/m0/s1. The number of aromatic nitrogens is 5. The van der Waals surface area contributed by atoms with Crippen molar-refractivity contribution < 1.29 is 13.9 Å². The zero-order valence-electron chi connectivity index (χ0n) is 26.4. The molecule has 2 aromatic carbocycles. The molecule has 0 unspecified atom stereocenters. The van der Waals surface area contributed by atoms with Gasteiger partial charge in [-0.2, -0.15) is 4.98 Å². The number of benzene rings is 2. The first-order valence-electron chi connectivity index (χ1n) is 14.9. The van der Waals surface area contributed by atoms with Crippen molar-refractivity contribution in [1.29, 1.82) is 0 Å². The number of ether oxygens (including phenoxy) is 1. The molecular formula is C31H39ClFN9O2. The summed E-state index contributed by atoms with van der Waals surface area (Å²) >= 11 is 6.93. The summed E-state index contributed by atoms with van der Waals surface area (Å²) in [5.74, 6) is 0.526. The van der Waals surface area contributed by atoms with Gasteiger partial charge in [-0.05, 0) is 73.3 Å². The van der Waals surface area contributed by atoms with Gasteiger partial charge < -0.3 is 24.3 Å². The number of fused-ring (bicyclic) bond motifs is 2. The third-order valence-electron chi connectivity index (χ3n) is 8.57. The summed E-state index contributed by atoms with van der Waals surface area (Å²) in [6.45, 7) is 13.9. The number of nitrogens with one attached hydrogen (secondary N) is 1. The molecule has 6 rings (SSSR count). The summed E-state index contributed by atoms with van der Waals surface area (Å²) in [5.41, 5.74) is 2.49. The van der Waals surface area contributed by atoms with Crippen molar-refractivity contribution in [2.45, 2.75) is 65.3 Å². The van der Waals surface area contributed by atoms with Crippen LogP contribution in [0.25, 0.3) is 33.1 Å². The van der Waals surface area contributed by atoms with Crippen molar-refractivity contribution in [3.63, 3.8) is 0 Å². The quantitative estimate of drug-likeness (QED) is 0.326. The van der Waals surface area contributed by atoms with Crippen LogP contribution in [0.15, 0.2) is 18.2 Å². The summed E-state index contributed by atoms with van der Waals surface area (Å²) in [4.78, 5) is 31.0. The van der Waals surface area contributed by atoms with Crippen LogP contribution < -0.4 is 9.80 Å². The Bertz CT molecular complexity index is 1750. The second kappa shape index (κ2) is 11.0. The molecule has 0 bridgehead atoms. The zero-order valence-corrected chi connectivity index (χ0v) is 27.2. The van der Waals surface area contributed by atoms with E-state index in [2.05, 4.69) is 30.1 Å². The predicted octanol–water partition coefficient (Wildman–Crippen LogP) is 5.25. The lowest BCUT2D eigenvalue weighted by atomic mass is 9.96. The number of H-pyrrole nitrogens is 1. The van der Waals surface area contributed by atoms with Crippen molar-refractivity contribution in [2.24, 2.45) is 0 Å². The molecule has 11 nitrogen and oxygen atoms in total. The van der Waals surface area contributed by atoms with Gasteiger partial charge in [0.25, 0.3) is 0 Å². The lowest BCUT2D eigenvalue weighted by Gasteiger charge is -2.46. The molecule has 1 amide bonds. The summed E-state index contributed by atoms with van der Waals surface area (Å²) in [5, 5.41) is 11.7. The van der Waals surface area contributed by atoms with Crippen molar-refractivity contribution >= 4 is 51.4 Å². The number of rotatable bonds is 4. The van der Waals surface area contributed by atoms with Gasteiger partial charge in [-0.3, -0.25) is 5.10 Å². The normalized spacial score (nSPS) is 19.8. The van der Waals surface area contributed by atoms with Gasteiger partial charge in [0.05, 0.1) is 10.5 Å². The number of halogens is 2. The predicted molar refractivity (Wildman–Crippen MR) is 171 cm³/mol. The summed E-state index contributed by atoms with van der Waals surface area (Å²) < 4.78 is 22.6. The number of aryl methyl sites for hydroxylation is 1. The number of carbonyl (C=O) groups is 1. The van der Waals surface area contributed by atoms with E-state index in [-0.39, 0.29) is 34.3 Å². The Hall–Kier alpha value is -3.77. The number of carbonyl (C=O) groups excluding carboxylic acids is 1. The molecule has 0 aliphatic carbocycles. The summed E-state index contributed by atoms with van der Waals surface area (Å²) in [7, 11) is 4.09. The van der Waals surface area contributed by atoms with Gasteiger partial charge in [0.2, 0.25) is 5.95 Å². The number of piperazine rings is 1. The van der Waals surface area contributed by atoms with Gasteiger partial charge in [-0.15, -0.1) is 5.10 Å². The van der Waals surface area contributed by atoms with Crippen LogP contribution in [0.3, 0.4) is 0 Å². The van der Waals surface area contributed by atoms with Crippen LogP contribution in [0.5, 0.6) is 0 Å². The lowest BCUT2D eigenvalue weighted by molar-refractivity contribution is 0.0130. The Labute approximate surface area is 261 Å². The molecule has 2 aliphatic heterocycles. The van der Waals surface area contributed by atoms with Crippen LogP contribution in [0, 0.1) is 12.7 Å². The Kier molecular flexibility index (Phi) is 7.56. The zero-order chi connectivity index (χ0) is 31.7. The number of nitrogens with zero attached hydrogens (tertiary/aromatic N) is 8. The van der Waals surface area contributed by atoms with E-state index in [0.29, 0.717) is 52.9 Å². The SMILES string of the molecule is Cc1ccc2nn[nH]c2c1-c1c(Cl)cc2c(N3C[C@@H](C)N(C(=O)OC(C)(C)C)C[C@@H]3C)nc(N3CC(N(C)C)C3)nc2c1F. The summed E-state index contributed by atoms with van der Waals surface area (Å²) in [6, 6.07) is 5.52. The fraction of sp³-hybridized carbons (Fsp3) is 0.516. The lowest BCUT2D eigenvalue weighted by Crippen LogP contribution is -2.59. The first kappa shape index (κ1) is 30.3. The molecule has 2 aliphatic rings. The molecule has 0 saturated carbocycles. The highest BCUT2D eigenvalue weighted by Gasteiger charge is 2.38. The van der Waals surface area contributed by atoms with E-state index < -0.39 is 11.4 Å². The molecule has 2 saturated heterocycles. The highest BCUT2D eigenvalue weighted by molar-refractivity contribution is 6.35. The highest BCUT2D eigenvalue weighted by atomic mass is 35.5. The maximum Gasteiger partial charge on any atom is 0.410 e. The molecule has 234 valence electrons. The topological polar surface area (TPSA) is 107 Å². The van der Waals surface area contributed by atoms with Crippen LogP contribution in [0.4, 0.5) is 21.0 Å². The number of aromatic amines is 1. The van der Waals surface area contributed by atoms with Crippen LogP contribution in [-0.4, -0.2) is 105 Å². The number of hydrogen-bond donors (Lipinski definition) is 1. The number of anilines is 2. The third kappa shape index (κ3) is 5.27. The van der Waals surface area contributed by atoms with Gasteiger partial charge in [0.1, 0.15) is 22.5 Å². The first-order chi connectivity index (χ1) is 20.7. The van der Waals surface area contributed by atoms with Crippen LogP contribution in [0.1, 0.15) is 40.2 Å². The average Bonchev–Trinajstić information content (AvgIpc) is 3.38. The second-order valence-electron chi connectivity index (χ2n) is 13.3. The maximum atomic E-state index is 16.9. The molecule has 2 fully saturated rings. The van der Waals surface area contributed by atoms with Crippen molar-refractivity contribution in [1.82, 2.24) is 35.2 Å². The fourth-order valence-electron chi connectivity index (χ4n) is 6.04. The van der Waals surface area contributed by atoms with Gasteiger partial charge in [-0.25, -0.2) is 14.2 Å². The molecule has 0 radical (unpaired) electrons. The van der Waals surface area contributed by atoms with E-state index in [9.17, 15) is 4.79 Å². The number of hydrogen-bond acceptors (Lipinski definition) is 9. The van der Waals surface area contributed by atoms with Gasteiger partial charge >= 0.3 is 6.09 Å². The van der Waals surface area contributed by atoms with Crippen molar-refractivity contribution in [2.75, 3.05) is 50.1 Å². The Morgan fingerprint density at radius 3 is 2.50 bits per heavy atom. The van der Waals surface area contributed by atoms with Gasteiger partial charge in [0, 0.05) is 60.8 Å². The Balaban J connectivity index is 1.48. The highest BCUT2D eigenvalue weighted by Crippen LogP contribution is 2.42. The van der Waals surface area contributed by atoms with E-state index in [0.717, 1.165) is 18.7 Å². The van der Waals surface area contributed by atoms with E-state index >= 15 is 4.39 Å². The molecule has 13 heteroatoms. The molecule has 44 heavy (non-hydrogen) atoms. The monoisotopic (exact) mass is 623 g/mol. The van der Waals surface area contributed by atoms with Crippen LogP contribution >= 0.6 is 11.6 Å². The minimum Gasteiger partial charge on any atom is -0.444 e. The van der Waals surface area contributed by atoms with E-state index in [1.807, 2.05) is 67.8 Å². The fourth-order valence-corrected chi connectivity index (χ4v) is 6.33. The third-order valence-corrected chi connectivity index (χ3v) is 8.87. The van der Waals surface area contributed by atoms with Crippen LogP contribution in [0.2, 0.25) is 5.02 Å². The number of likely N-dealkylation sites (N-methyl/N-ethyl adjacent to an activating group) is 1. The number of amides is 1. The van der Waals surface area contributed by atoms with Gasteiger partial charge in [0.15, 0.2) is 5.82 Å². The largest absolute Gasteiger partial charge is 0.444 e. The molecule has 1 N–H and O–H groups in total. The van der Waals surface area contributed by atoms with Crippen LogP contribution in [-0.2, 0) is 4.74 Å². The Morgan fingerprint density at radius 2 is 1.82 bits per heavy atom. The van der Waals surface area contributed by atoms with Crippen molar-refractivity contribution in [3.05, 3.63) is 34.6 Å². The van der Waals surface area contributed by atoms with E-state index in [4.69, 9.17) is 26.3 Å². The summed E-state index contributed by atoms with van der Waals surface area (Å²) in [6.07, 6.45) is -0.350. The van der Waals surface area contributed by atoms with E-state index in [1.54, 1.807) is 11.0 Å². The Morgan fingerprint density at radius 1 is 1.09 bits per heavy atom. The molecule has 0 spiro atoms. The average molecular weight is 624 g/mol. The molecule has 4 aromatic rings. The molecular weight excluding hydrogens is 585 g/mol. The molecule has 4 heterocycles.